The molecule has 0 radical (unpaired) electrons. The van der Waals surface area contributed by atoms with E-state index in [1.807, 2.05) is 25.3 Å². The van der Waals surface area contributed by atoms with Crippen molar-refractivity contribution in [3.63, 3.8) is 0 Å². The summed E-state index contributed by atoms with van der Waals surface area (Å²) in [5.74, 6) is 1.87. The topological polar surface area (TPSA) is 29.8 Å². The van der Waals surface area contributed by atoms with Crippen molar-refractivity contribution in [2.24, 2.45) is 0 Å². The lowest BCUT2D eigenvalue weighted by Gasteiger charge is -2.19. The average Bonchev–Trinajstić information content (AvgIpc) is 3.11. The third-order valence-electron chi connectivity index (χ3n) is 3.45. The van der Waals surface area contributed by atoms with E-state index in [0.29, 0.717) is 6.61 Å². The Labute approximate surface area is 134 Å². The Kier molecular flexibility index (Phi) is 4.15. The highest BCUT2D eigenvalue weighted by atomic mass is 32.1. The molecule has 0 fully saturated rings. The molecule has 0 N–H and O–H groups in total. The van der Waals surface area contributed by atoms with Gasteiger partial charge < -0.3 is 9.64 Å². The Morgan fingerprint density at radius 3 is 3.00 bits per heavy atom. The lowest BCUT2D eigenvalue weighted by Crippen LogP contribution is -2.18. The second-order valence-corrected chi connectivity index (χ2v) is 6.15. The predicted octanol–water partition coefficient (Wildman–Crippen LogP) is 3.91. The molecule has 3 heterocycles. The molecule has 0 amide bonds. The number of ether oxygens (including phenoxy) is 1. The van der Waals surface area contributed by atoms with E-state index in [1.165, 1.54) is 4.88 Å². The number of aromatic nitrogens is 2. The second kappa shape index (κ2) is 6.23. The molecule has 3 aromatic rings. The summed E-state index contributed by atoms with van der Waals surface area (Å²) in [6, 6.07) is 8.15. The molecule has 3 aromatic heterocycles. The second-order valence-electron chi connectivity index (χ2n) is 5.12. The minimum Gasteiger partial charge on any atom is -0.486 e. The summed E-state index contributed by atoms with van der Waals surface area (Å²) in [5, 5.41) is 2.10. The standard InChI is InChI=1S/C17H19N3OS/c1-4-10-21-15-8-5-9-20-16(15)18-13(2)17(20)19(3)12-14-7-6-11-22-14/h4-9,11H,1,10,12H2,2-3H3. The number of aryl methyl sites for hydroxylation is 1. The molecule has 5 heteroatoms. The van der Waals surface area contributed by atoms with Gasteiger partial charge >= 0.3 is 0 Å². The van der Waals surface area contributed by atoms with Crippen LogP contribution in [0.15, 0.2) is 48.5 Å². The molecular weight excluding hydrogens is 294 g/mol. The van der Waals surface area contributed by atoms with Gasteiger partial charge in [-0.25, -0.2) is 4.98 Å². The highest BCUT2D eigenvalue weighted by Crippen LogP contribution is 2.28. The van der Waals surface area contributed by atoms with E-state index in [4.69, 9.17) is 4.74 Å². The van der Waals surface area contributed by atoms with Crippen molar-refractivity contribution in [1.29, 1.82) is 0 Å². The summed E-state index contributed by atoms with van der Waals surface area (Å²) in [6.07, 6.45) is 3.76. The summed E-state index contributed by atoms with van der Waals surface area (Å²) in [7, 11) is 2.09. The summed E-state index contributed by atoms with van der Waals surface area (Å²) in [5.41, 5.74) is 1.84. The van der Waals surface area contributed by atoms with Crippen LogP contribution in [0.4, 0.5) is 5.82 Å². The first-order valence-corrected chi connectivity index (χ1v) is 8.03. The first-order chi connectivity index (χ1) is 10.7. The van der Waals surface area contributed by atoms with E-state index < -0.39 is 0 Å². The van der Waals surface area contributed by atoms with Gasteiger partial charge in [-0.2, -0.15) is 0 Å². The van der Waals surface area contributed by atoms with Crippen molar-refractivity contribution in [2.45, 2.75) is 13.5 Å². The molecule has 0 aromatic carbocycles. The lowest BCUT2D eigenvalue weighted by atomic mass is 10.4. The lowest BCUT2D eigenvalue weighted by molar-refractivity contribution is 0.365. The van der Waals surface area contributed by atoms with E-state index in [1.54, 1.807) is 17.4 Å². The van der Waals surface area contributed by atoms with Crippen LogP contribution >= 0.6 is 11.3 Å². The number of pyridine rings is 1. The third kappa shape index (κ3) is 2.72. The van der Waals surface area contributed by atoms with Crippen LogP contribution in [0, 0.1) is 6.92 Å². The van der Waals surface area contributed by atoms with E-state index in [2.05, 4.69) is 45.4 Å². The smallest absolute Gasteiger partial charge is 0.181 e. The monoisotopic (exact) mass is 313 g/mol. The highest BCUT2D eigenvalue weighted by Gasteiger charge is 2.16. The van der Waals surface area contributed by atoms with Crippen molar-refractivity contribution in [3.8, 4) is 5.75 Å². The molecule has 0 unspecified atom stereocenters. The minimum absolute atomic E-state index is 0.478. The van der Waals surface area contributed by atoms with Gasteiger partial charge in [-0.15, -0.1) is 11.3 Å². The van der Waals surface area contributed by atoms with Gasteiger partial charge in [-0.05, 0) is 30.5 Å². The number of nitrogens with zero attached hydrogens (tertiary/aromatic N) is 3. The molecule has 0 saturated heterocycles. The zero-order chi connectivity index (χ0) is 15.5. The number of hydrogen-bond acceptors (Lipinski definition) is 4. The largest absolute Gasteiger partial charge is 0.486 e. The number of imidazole rings is 1. The van der Waals surface area contributed by atoms with Crippen molar-refractivity contribution >= 4 is 22.8 Å². The molecule has 114 valence electrons. The molecule has 0 atom stereocenters. The van der Waals surface area contributed by atoms with Crippen LogP contribution in [-0.4, -0.2) is 23.0 Å². The van der Waals surface area contributed by atoms with Gasteiger partial charge in [0, 0.05) is 18.1 Å². The third-order valence-corrected chi connectivity index (χ3v) is 4.31. The van der Waals surface area contributed by atoms with Gasteiger partial charge in [-0.1, -0.05) is 18.7 Å². The predicted molar refractivity (Wildman–Crippen MR) is 92.0 cm³/mol. The highest BCUT2D eigenvalue weighted by molar-refractivity contribution is 7.09. The molecule has 0 spiro atoms. The summed E-state index contributed by atoms with van der Waals surface area (Å²) < 4.78 is 7.79. The maximum atomic E-state index is 5.70. The van der Waals surface area contributed by atoms with Gasteiger partial charge in [0.2, 0.25) is 0 Å². The molecule has 4 nitrogen and oxygen atoms in total. The van der Waals surface area contributed by atoms with Gasteiger partial charge in [-0.3, -0.25) is 4.40 Å². The van der Waals surface area contributed by atoms with Gasteiger partial charge in [0.15, 0.2) is 11.4 Å². The first kappa shape index (κ1) is 14.7. The van der Waals surface area contributed by atoms with Crippen molar-refractivity contribution in [1.82, 2.24) is 9.38 Å². The molecule has 0 aliphatic carbocycles. The molecule has 0 saturated carbocycles. The maximum Gasteiger partial charge on any atom is 0.181 e. The van der Waals surface area contributed by atoms with Crippen molar-refractivity contribution in [3.05, 3.63) is 59.1 Å². The normalized spacial score (nSPS) is 10.8. The van der Waals surface area contributed by atoms with Gasteiger partial charge in [0.05, 0.1) is 12.2 Å². The molecule has 3 rings (SSSR count). The van der Waals surface area contributed by atoms with Crippen LogP contribution in [0.25, 0.3) is 5.65 Å². The van der Waals surface area contributed by atoms with Crippen molar-refractivity contribution < 1.29 is 4.74 Å². The molecular formula is C17H19N3OS. The Hall–Kier alpha value is -2.27. The van der Waals surface area contributed by atoms with E-state index in [9.17, 15) is 0 Å². The van der Waals surface area contributed by atoms with Crippen LogP contribution in [0.5, 0.6) is 5.75 Å². The Bertz CT molecular complexity index is 777. The fourth-order valence-corrected chi connectivity index (χ4v) is 3.33. The van der Waals surface area contributed by atoms with Crippen LogP contribution in [0.3, 0.4) is 0 Å². The van der Waals surface area contributed by atoms with Gasteiger partial charge in [0.25, 0.3) is 0 Å². The van der Waals surface area contributed by atoms with Crippen molar-refractivity contribution in [2.75, 3.05) is 18.6 Å². The fraction of sp³-hybridized carbons (Fsp3) is 0.235. The number of hydrogen-bond donors (Lipinski definition) is 0. The maximum absolute atomic E-state index is 5.70. The van der Waals surface area contributed by atoms with Crippen LogP contribution in [0.1, 0.15) is 10.6 Å². The minimum atomic E-state index is 0.478. The van der Waals surface area contributed by atoms with E-state index in [-0.39, 0.29) is 0 Å². The number of rotatable bonds is 6. The SMILES string of the molecule is C=CCOc1cccn2c(N(C)Cc3cccs3)c(C)nc12. The zero-order valence-corrected chi connectivity index (χ0v) is 13.6. The summed E-state index contributed by atoms with van der Waals surface area (Å²) in [6.45, 7) is 7.06. The Morgan fingerprint density at radius 2 is 2.27 bits per heavy atom. The van der Waals surface area contributed by atoms with Crippen LogP contribution in [0.2, 0.25) is 0 Å². The van der Waals surface area contributed by atoms with Crippen LogP contribution in [-0.2, 0) is 6.54 Å². The number of fused-ring (bicyclic) bond motifs is 1. The number of thiophene rings is 1. The quantitative estimate of drug-likeness (QED) is 0.646. The van der Waals surface area contributed by atoms with E-state index >= 15 is 0 Å². The van der Waals surface area contributed by atoms with E-state index in [0.717, 1.165) is 29.5 Å². The zero-order valence-electron chi connectivity index (χ0n) is 12.8. The average molecular weight is 313 g/mol. The Balaban J connectivity index is 1.98. The summed E-state index contributed by atoms with van der Waals surface area (Å²) >= 11 is 1.77. The number of anilines is 1. The molecule has 0 aliphatic heterocycles. The molecule has 22 heavy (non-hydrogen) atoms. The van der Waals surface area contributed by atoms with Gasteiger partial charge in [0.1, 0.15) is 12.4 Å². The Morgan fingerprint density at radius 1 is 1.41 bits per heavy atom. The first-order valence-electron chi connectivity index (χ1n) is 7.15. The molecule has 0 aliphatic rings. The molecule has 0 bridgehead atoms. The summed E-state index contributed by atoms with van der Waals surface area (Å²) in [4.78, 5) is 8.23. The fourth-order valence-electron chi connectivity index (χ4n) is 2.58. The van der Waals surface area contributed by atoms with Crippen LogP contribution < -0.4 is 9.64 Å².